The summed E-state index contributed by atoms with van der Waals surface area (Å²) in [5.41, 5.74) is 1.42. The molecule has 24 heavy (non-hydrogen) atoms. The molecule has 7 heteroatoms. The van der Waals surface area contributed by atoms with E-state index in [1.54, 1.807) is 22.8 Å². The number of halogens is 1. The van der Waals surface area contributed by atoms with Crippen molar-refractivity contribution in [1.29, 1.82) is 0 Å². The molecule has 3 rings (SSSR count). The Morgan fingerprint density at radius 1 is 1.21 bits per heavy atom. The Morgan fingerprint density at radius 3 is 2.67 bits per heavy atom. The average Bonchev–Trinajstić information content (AvgIpc) is 2.86. The van der Waals surface area contributed by atoms with Gasteiger partial charge >= 0.3 is 0 Å². The van der Waals surface area contributed by atoms with Crippen LogP contribution in [0.1, 0.15) is 6.92 Å². The van der Waals surface area contributed by atoms with E-state index in [1.807, 2.05) is 31.2 Å². The molecule has 5 nitrogen and oxygen atoms in total. The van der Waals surface area contributed by atoms with E-state index >= 15 is 0 Å². The summed E-state index contributed by atoms with van der Waals surface area (Å²) in [6.45, 7) is 2.53. The molecule has 0 aliphatic carbocycles. The highest BCUT2D eigenvalue weighted by Crippen LogP contribution is 2.38. The highest BCUT2D eigenvalue weighted by Gasteiger charge is 2.15. The number of nitrogens with one attached hydrogen (secondary N) is 1. The predicted octanol–water partition coefficient (Wildman–Crippen LogP) is 4.99. The van der Waals surface area contributed by atoms with Gasteiger partial charge in [-0.15, -0.1) is 10.2 Å². The van der Waals surface area contributed by atoms with Gasteiger partial charge in [0.2, 0.25) is 11.0 Å². The lowest BCUT2D eigenvalue weighted by Crippen LogP contribution is -2.06. The zero-order chi connectivity index (χ0) is 17.1. The number of aromatic hydroxyl groups is 1. The van der Waals surface area contributed by atoms with Gasteiger partial charge in [0, 0.05) is 11.9 Å². The van der Waals surface area contributed by atoms with Crippen LogP contribution in [0.3, 0.4) is 0 Å². The van der Waals surface area contributed by atoms with Gasteiger partial charge in [-0.2, -0.15) is 0 Å². The van der Waals surface area contributed by atoms with Gasteiger partial charge in [0.15, 0.2) is 5.69 Å². The number of thiocarbonyl (C=S) groups is 1. The first-order valence-corrected chi connectivity index (χ1v) is 7.80. The molecule has 0 aliphatic heterocycles. The maximum atomic E-state index is 13.6. The summed E-state index contributed by atoms with van der Waals surface area (Å²) in [4.78, 5) is 0. The number of nitrogens with zero attached hydrogens (tertiary/aromatic N) is 3. The van der Waals surface area contributed by atoms with E-state index in [1.165, 1.54) is 6.07 Å². The van der Waals surface area contributed by atoms with Gasteiger partial charge in [-0.1, -0.05) is 30.3 Å². The van der Waals surface area contributed by atoms with Crippen molar-refractivity contribution in [3.8, 4) is 5.88 Å². The average molecular weight is 342 g/mol. The van der Waals surface area contributed by atoms with Crippen molar-refractivity contribution in [1.82, 2.24) is 4.57 Å². The van der Waals surface area contributed by atoms with Crippen LogP contribution in [0.25, 0.3) is 10.9 Å². The molecule has 0 fully saturated rings. The minimum Gasteiger partial charge on any atom is -0.493 e. The number of fused-ring (bicyclic) bond motifs is 1. The first-order chi connectivity index (χ1) is 11.6. The number of rotatable bonds is 3. The Balaban J connectivity index is 1.89. The first kappa shape index (κ1) is 16.1. The third-order valence-electron chi connectivity index (χ3n) is 3.59. The van der Waals surface area contributed by atoms with Crippen LogP contribution in [-0.4, -0.2) is 14.8 Å². The number of anilines is 1. The zero-order valence-corrected chi connectivity index (χ0v) is 13.7. The smallest absolute Gasteiger partial charge is 0.220 e. The molecule has 2 aromatic carbocycles. The monoisotopic (exact) mass is 342 g/mol. The molecule has 0 bridgehead atoms. The summed E-state index contributed by atoms with van der Waals surface area (Å²) in [5, 5.41) is 21.8. The Kier molecular flexibility index (Phi) is 4.52. The number of aryl methyl sites for hydroxylation is 1. The Hall–Kier alpha value is -2.80. The molecule has 1 heterocycles. The van der Waals surface area contributed by atoms with Crippen molar-refractivity contribution in [2.24, 2.45) is 10.2 Å². The summed E-state index contributed by atoms with van der Waals surface area (Å²) in [6, 6.07) is 13.6. The molecule has 2 N–H and O–H groups in total. The third-order valence-corrected chi connectivity index (χ3v) is 3.77. The summed E-state index contributed by atoms with van der Waals surface area (Å²) < 4.78 is 15.3. The van der Waals surface area contributed by atoms with Crippen molar-refractivity contribution >= 4 is 39.6 Å². The highest BCUT2D eigenvalue weighted by molar-refractivity contribution is 7.80. The number of hydrogen-bond acceptors (Lipinski definition) is 3. The lowest BCUT2D eigenvalue weighted by molar-refractivity contribution is 0.427. The topological polar surface area (TPSA) is 61.9 Å². The fourth-order valence-corrected chi connectivity index (χ4v) is 2.64. The maximum absolute atomic E-state index is 13.6. The van der Waals surface area contributed by atoms with Gasteiger partial charge in [0.05, 0.1) is 11.2 Å². The number of benzene rings is 2. The predicted molar refractivity (Wildman–Crippen MR) is 96.4 cm³/mol. The van der Waals surface area contributed by atoms with E-state index < -0.39 is 5.82 Å². The molecule has 0 aliphatic rings. The van der Waals surface area contributed by atoms with Gasteiger partial charge in [-0.25, -0.2) is 4.39 Å². The number of azo groups is 1. The van der Waals surface area contributed by atoms with Gasteiger partial charge in [-0.3, -0.25) is 0 Å². The summed E-state index contributed by atoms with van der Waals surface area (Å²) >= 11 is 5.07. The summed E-state index contributed by atoms with van der Waals surface area (Å²) in [7, 11) is 0. The lowest BCUT2D eigenvalue weighted by Gasteiger charge is -2.03. The van der Waals surface area contributed by atoms with Gasteiger partial charge in [-0.05, 0) is 37.3 Å². The molecule has 0 unspecified atom stereocenters. The minimum absolute atomic E-state index is 0.00725. The molecule has 0 atom stereocenters. The molecule has 3 aromatic rings. The fraction of sp³-hybridized carbons (Fsp3) is 0.118. The molecule has 1 aromatic heterocycles. The van der Waals surface area contributed by atoms with Gasteiger partial charge in [0.25, 0.3) is 0 Å². The van der Waals surface area contributed by atoms with E-state index in [0.29, 0.717) is 12.2 Å². The minimum atomic E-state index is -0.430. The second kappa shape index (κ2) is 6.76. The van der Waals surface area contributed by atoms with Crippen molar-refractivity contribution in [2.45, 2.75) is 13.5 Å². The Morgan fingerprint density at radius 2 is 1.92 bits per heavy atom. The lowest BCUT2D eigenvalue weighted by atomic mass is 10.2. The van der Waals surface area contributed by atoms with Crippen LogP contribution in [0.2, 0.25) is 0 Å². The van der Waals surface area contributed by atoms with E-state index in [2.05, 4.69) is 15.5 Å². The second-order valence-electron chi connectivity index (χ2n) is 5.04. The van der Waals surface area contributed by atoms with Crippen LogP contribution < -0.4 is 5.32 Å². The number of hydrogen-bond donors (Lipinski definition) is 2. The van der Waals surface area contributed by atoms with E-state index in [9.17, 15) is 9.50 Å². The molecule has 0 radical (unpaired) electrons. The Labute approximate surface area is 143 Å². The van der Waals surface area contributed by atoms with E-state index in [-0.39, 0.29) is 16.7 Å². The van der Waals surface area contributed by atoms with Gasteiger partial charge < -0.3 is 15.0 Å². The van der Waals surface area contributed by atoms with Crippen molar-refractivity contribution in [2.75, 3.05) is 5.32 Å². The highest BCUT2D eigenvalue weighted by atomic mass is 32.1. The van der Waals surface area contributed by atoms with Crippen LogP contribution in [0.15, 0.2) is 58.8 Å². The maximum Gasteiger partial charge on any atom is 0.220 e. The fourth-order valence-electron chi connectivity index (χ4n) is 2.49. The van der Waals surface area contributed by atoms with Crippen molar-refractivity contribution < 1.29 is 9.50 Å². The van der Waals surface area contributed by atoms with Crippen molar-refractivity contribution in [3.63, 3.8) is 0 Å². The summed E-state index contributed by atoms with van der Waals surface area (Å²) in [5.74, 6) is -0.406. The largest absolute Gasteiger partial charge is 0.493 e. The SMILES string of the molecule is CCn1c(O)c(N=NC(=S)Nc2ccccc2F)c2ccccc21. The molecular weight excluding hydrogens is 327 g/mol. The van der Waals surface area contributed by atoms with Crippen LogP contribution in [0, 0.1) is 5.82 Å². The molecule has 0 amide bonds. The van der Waals surface area contributed by atoms with E-state index in [0.717, 1.165) is 10.9 Å². The normalized spacial score (nSPS) is 11.2. The summed E-state index contributed by atoms with van der Waals surface area (Å²) in [6.07, 6.45) is 0. The van der Waals surface area contributed by atoms with Crippen LogP contribution in [0.5, 0.6) is 5.88 Å². The third kappa shape index (κ3) is 2.98. The zero-order valence-electron chi connectivity index (χ0n) is 12.9. The molecule has 0 saturated heterocycles. The molecular formula is C17H15FN4OS. The second-order valence-corrected chi connectivity index (χ2v) is 5.43. The first-order valence-electron chi connectivity index (χ1n) is 7.39. The van der Waals surface area contributed by atoms with Crippen molar-refractivity contribution in [3.05, 3.63) is 54.3 Å². The van der Waals surface area contributed by atoms with Crippen LogP contribution in [0.4, 0.5) is 15.8 Å². The van der Waals surface area contributed by atoms with Crippen LogP contribution in [-0.2, 0) is 6.54 Å². The standard InChI is InChI=1S/C17H15FN4OS/c1-2-22-14-10-6-3-7-11(14)15(16(22)23)20-21-17(24)19-13-9-5-4-8-12(13)18/h3-10,23H,2H2,1H3,(H,19,24). The molecule has 0 spiro atoms. The number of para-hydroxylation sites is 2. The number of aromatic nitrogens is 1. The Bertz CT molecular complexity index is 935. The quantitative estimate of drug-likeness (QED) is 0.521. The van der Waals surface area contributed by atoms with Crippen LogP contribution >= 0.6 is 12.2 Å². The van der Waals surface area contributed by atoms with E-state index in [4.69, 9.17) is 12.2 Å². The molecule has 122 valence electrons. The molecule has 0 saturated carbocycles. The van der Waals surface area contributed by atoms with Gasteiger partial charge in [0.1, 0.15) is 5.82 Å².